The van der Waals surface area contributed by atoms with Crippen LogP contribution in [0.2, 0.25) is 0 Å². The zero-order valence-electron chi connectivity index (χ0n) is 9.26. The van der Waals surface area contributed by atoms with Crippen molar-refractivity contribution in [1.82, 2.24) is 4.98 Å². The number of hydrogen-bond donors (Lipinski definition) is 1. The molecule has 0 aliphatic carbocycles. The summed E-state index contributed by atoms with van der Waals surface area (Å²) >= 11 is 5.94. The summed E-state index contributed by atoms with van der Waals surface area (Å²) in [6.45, 7) is 0. The summed E-state index contributed by atoms with van der Waals surface area (Å²) in [6, 6.07) is 2.05. The van der Waals surface area contributed by atoms with E-state index in [2.05, 4.69) is 25.9 Å². The summed E-state index contributed by atoms with van der Waals surface area (Å²) in [6.07, 6.45) is 0. The number of aliphatic carboxylic acids is 1. The van der Waals surface area contributed by atoms with Crippen molar-refractivity contribution in [2.24, 2.45) is 4.99 Å². The summed E-state index contributed by atoms with van der Waals surface area (Å²) in [5, 5.41) is 10.1. The van der Waals surface area contributed by atoms with Crippen molar-refractivity contribution in [3.63, 3.8) is 0 Å². The van der Waals surface area contributed by atoms with Gasteiger partial charge in [-0.3, -0.25) is 4.99 Å². The lowest BCUT2D eigenvalue weighted by Crippen LogP contribution is -2.17. The Hall–Kier alpha value is -0.990. The summed E-state index contributed by atoms with van der Waals surface area (Å²) in [4.78, 5) is 19.4. The molecule has 1 aromatic heterocycles. The Morgan fingerprint density at radius 3 is 3.00 bits per heavy atom. The highest BCUT2D eigenvalue weighted by Crippen LogP contribution is 2.33. The Kier molecular flexibility index (Phi) is 3.32. The number of hydrogen-bond acceptors (Lipinski definition) is 5. The molecule has 3 rings (SSSR count). The van der Waals surface area contributed by atoms with Crippen LogP contribution in [0.5, 0.6) is 0 Å². The van der Waals surface area contributed by atoms with Crippen molar-refractivity contribution in [3.05, 3.63) is 27.4 Å². The van der Waals surface area contributed by atoms with Gasteiger partial charge in [-0.1, -0.05) is 0 Å². The van der Waals surface area contributed by atoms with Crippen molar-refractivity contribution >= 4 is 60.3 Å². The fourth-order valence-corrected chi connectivity index (χ4v) is 4.43. The molecule has 1 aromatic carbocycles. The highest BCUT2D eigenvalue weighted by molar-refractivity contribution is 9.10. The molecule has 4 nitrogen and oxygen atoms in total. The lowest BCUT2D eigenvalue weighted by molar-refractivity contribution is -0.137. The van der Waals surface area contributed by atoms with Gasteiger partial charge in [0, 0.05) is 10.2 Å². The van der Waals surface area contributed by atoms with Crippen molar-refractivity contribution in [3.8, 4) is 0 Å². The first-order valence-corrected chi connectivity index (χ1v) is 7.83. The van der Waals surface area contributed by atoms with Gasteiger partial charge < -0.3 is 5.11 Å². The monoisotopic (exact) mass is 360 g/mol. The minimum atomic E-state index is -0.934. The quantitative estimate of drug-likeness (QED) is 0.893. The summed E-state index contributed by atoms with van der Waals surface area (Å²) in [7, 11) is 0. The maximum atomic E-state index is 13.3. The Morgan fingerprint density at radius 2 is 2.32 bits per heavy atom. The zero-order chi connectivity index (χ0) is 13.6. The fourth-order valence-electron chi connectivity index (χ4n) is 1.67. The predicted molar refractivity (Wildman–Crippen MR) is 77.7 cm³/mol. The number of benzene rings is 1. The van der Waals surface area contributed by atoms with Crippen LogP contribution in [0.15, 0.2) is 21.6 Å². The summed E-state index contributed by atoms with van der Waals surface area (Å²) < 4.78 is 14.6. The van der Waals surface area contributed by atoms with Gasteiger partial charge in [-0.05, 0) is 28.1 Å². The van der Waals surface area contributed by atoms with E-state index >= 15 is 0 Å². The molecule has 0 saturated carbocycles. The lowest BCUT2D eigenvalue weighted by atomic mass is 10.3. The molecule has 1 unspecified atom stereocenters. The molecule has 0 fully saturated rings. The maximum Gasteiger partial charge on any atom is 0.329 e. The van der Waals surface area contributed by atoms with E-state index in [9.17, 15) is 9.18 Å². The summed E-state index contributed by atoms with van der Waals surface area (Å²) in [5.41, 5.74) is 0.670. The number of nitrogens with zero attached hydrogens (tertiary/aromatic N) is 2. The number of carboxylic acids is 1. The molecule has 19 heavy (non-hydrogen) atoms. The highest BCUT2D eigenvalue weighted by Gasteiger charge is 2.27. The van der Waals surface area contributed by atoms with Crippen molar-refractivity contribution in [2.45, 2.75) is 6.04 Å². The van der Waals surface area contributed by atoms with Gasteiger partial charge in [0.1, 0.15) is 15.9 Å². The normalized spacial score (nSPS) is 18.8. The SMILES string of the molecule is O=C(O)C1CSC(c2nc3c(Br)cc(F)cc3s2)=N1. The van der Waals surface area contributed by atoms with E-state index in [0.717, 1.165) is 0 Å². The molecule has 1 aliphatic heterocycles. The maximum absolute atomic E-state index is 13.3. The second kappa shape index (κ2) is 4.84. The van der Waals surface area contributed by atoms with E-state index in [1.807, 2.05) is 0 Å². The number of rotatable bonds is 2. The minimum absolute atomic E-state index is 0.334. The van der Waals surface area contributed by atoms with E-state index in [0.29, 0.717) is 30.5 Å². The fraction of sp³-hybridized carbons (Fsp3) is 0.182. The molecular weight excluding hydrogens is 355 g/mol. The smallest absolute Gasteiger partial charge is 0.329 e. The molecule has 2 aromatic rings. The topological polar surface area (TPSA) is 62.5 Å². The molecular formula is C11H6BrFN2O2S2. The van der Waals surface area contributed by atoms with Crippen molar-refractivity contribution < 1.29 is 14.3 Å². The number of thioether (sulfide) groups is 1. The Labute approximate surface area is 123 Å². The minimum Gasteiger partial charge on any atom is -0.480 e. The molecule has 0 amide bonds. The van der Waals surface area contributed by atoms with Gasteiger partial charge in [-0.2, -0.15) is 0 Å². The number of aliphatic imine (C=N–C) groups is 1. The third kappa shape index (κ3) is 2.39. The van der Waals surface area contributed by atoms with E-state index < -0.39 is 12.0 Å². The molecule has 2 heterocycles. The van der Waals surface area contributed by atoms with Crippen LogP contribution < -0.4 is 0 Å². The van der Waals surface area contributed by atoms with Gasteiger partial charge in [0.15, 0.2) is 6.04 Å². The largest absolute Gasteiger partial charge is 0.480 e. The Morgan fingerprint density at radius 1 is 1.53 bits per heavy atom. The Balaban J connectivity index is 2.05. The highest BCUT2D eigenvalue weighted by atomic mass is 79.9. The first-order valence-electron chi connectivity index (χ1n) is 5.24. The van der Waals surface area contributed by atoms with E-state index in [1.54, 1.807) is 0 Å². The number of halogens is 2. The molecule has 1 aliphatic rings. The predicted octanol–water partition coefficient (Wildman–Crippen LogP) is 3.14. The number of aromatic nitrogens is 1. The zero-order valence-corrected chi connectivity index (χ0v) is 12.5. The van der Waals surface area contributed by atoms with Crippen LogP contribution in [0.1, 0.15) is 5.01 Å². The van der Waals surface area contributed by atoms with Crippen LogP contribution in [0.25, 0.3) is 10.2 Å². The third-order valence-corrected chi connectivity index (χ3v) is 5.33. The van der Waals surface area contributed by atoms with Gasteiger partial charge in [0.05, 0.1) is 10.2 Å². The molecule has 0 spiro atoms. The van der Waals surface area contributed by atoms with Gasteiger partial charge >= 0.3 is 5.97 Å². The lowest BCUT2D eigenvalue weighted by Gasteiger charge is -1.93. The van der Waals surface area contributed by atoms with Crippen LogP contribution in [-0.2, 0) is 4.79 Å². The second-order valence-electron chi connectivity index (χ2n) is 3.85. The van der Waals surface area contributed by atoms with Crippen LogP contribution in [0, 0.1) is 5.82 Å². The second-order valence-corrected chi connectivity index (χ2v) is 6.75. The number of carboxylic acid groups (broad SMARTS) is 1. The van der Waals surface area contributed by atoms with Gasteiger partial charge in [-0.15, -0.1) is 23.1 Å². The number of thiazole rings is 1. The number of fused-ring (bicyclic) bond motifs is 1. The first kappa shape index (κ1) is 13.0. The number of carbonyl (C=O) groups is 1. The molecule has 98 valence electrons. The first-order chi connectivity index (χ1) is 9.04. The van der Waals surface area contributed by atoms with Crippen LogP contribution in [-0.4, -0.2) is 32.9 Å². The van der Waals surface area contributed by atoms with E-state index in [1.165, 1.54) is 35.2 Å². The van der Waals surface area contributed by atoms with Crippen molar-refractivity contribution in [2.75, 3.05) is 5.75 Å². The van der Waals surface area contributed by atoms with Gasteiger partial charge in [0.25, 0.3) is 0 Å². The molecule has 8 heteroatoms. The van der Waals surface area contributed by atoms with E-state index in [-0.39, 0.29) is 5.82 Å². The van der Waals surface area contributed by atoms with Crippen molar-refractivity contribution in [1.29, 1.82) is 0 Å². The average molecular weight is 361 g/mol. The molecule has 1 N–H and O–H groups in total. The van der Waals surface area contributed by atoms with Crippen LogP contribution in [0.3, 0.4) is 0 Å². The van der Waals surface area contributed by atoms with Crippen LogP contribution >= 0.6 is 39.0 Å². The molecule has 0 radical (unpaired) electrons. The van der Waals surface area contributed by atoms with Gasteiger partial charge in [0.2, 0.25) is 0 Å². The Bertz CT molecular complexity index is 716. The standard InChI is InChI=1S/C11H6BrFN2O2S2/c12-5-1-4(13)2-7-8(5)15-10(19-7)9-14-6(3-18-9)11(16)17/h1-2,6H,3H2,(H,16,17). The third-order valence-electron chi connectivity index (χ3n) is 2.53. The molecule has 0 bridgehead atoms. The molecule has 0 saturated heterocycles. The van der Waals surface area contributed by atoms with Gasteiger partial charge in [-0.25, -0.2) is 14.2 Å². The summed E-state index contributed by atoms with van der Waals surface area (Å²) in [5.74, 6) is -0.856. The van der Waals surface area contributed by atoms with Crippen LogP contribution in [0.4, 0.5) is 4.39 Å². The van der Waals surface area contributed by atoms with E-state index in [4.69, 9.17) is 5.11 Å². The molecule has 1 atom stereocenters. The average Bonchev–Trinajstić information content (AvgIpc) is 2.92.